The Bertz CT molecular complexity index is 1050. The molecule has 0 aliphatic rings. The lowest BCUT2D eigenvalue weighted by atomic mass is 10.1. The van der Waals surface area contributed by atoms with E-state index in [4.69, 9.17) is 8.83 Å². The molecule has 2 aromatic carbocycles. The number of hydrogen-bond donors (Lipinski definition) is 0. The summed E-state index contributed by atoms with van der Waals surface area (Å²) in [5, 5.41) is 0. The Morgan fingerprint density at radius 3 is 2.60 bits per heavy atom. The lowest BCUT2D eigenvalue weighted by Gasteiger charge is -2.01. The summed E-state index contributed by atoms with van der Waals surface area (Å²) in [7, 11) is 0. The van der Waals surface area contributed by atoms with Crippen molar-refractivity contribution < 1.29 is 8.83 Å². The molecule has 2 aromatic heterocycles. The van der Waals surface area contributed by atoms with Crippen LogP contribution >= 0.6 is 22.7 Å². The molecule has 0 aliphatic carbocycles. The maximum atomic E-state index is 11.4. The van der Waals surface area contributed by atoms with Crippen molar-refractivity contribution in [3.05, 3.63) is 55.9 Å². The second-order valence-electron chi connectivity index (χ2n) is 4.11. The summed E-state index contributed by atoms with van der Waals surface area (Å²) >= 11 is 2.07. The average Bonchev–Trinajstić information content (AvgIpc) is 2.97. The van der Waals surface area contributed by atoms with Gasteiger partial charge in [0, 0.05) is 11.6 Å². The molecule has 0 aliphatic heterocycles. The van der Waals surface area contributed by atoms with Crippen molar-refractivity contribution in [2.45, 2.75) is 0 Å². The van der Waals surface area contributed by atoms with Gasteiger partial charge >= 0.3 is 9.88 Å². The van der Waals surface area contributed by atoms with Gasteiger partial charge in [0.1, 0.15) is 11.2 Å². The molecule has 2 heterocycles. The summed E-state index contributed by atoms with van der Waals surface area (Å²) in [5.74, 6) is 0. The van der Waals surface area contributed by atoms with Crippen LogP contribution in [-0.2, 0) is 0 Å². The minimum Gasteiger partial charge on any atom is -0.414 e. The molecule has 0 N–H and O–H groups in total. The zero-order chi connectivity index (χ0) is 13.7. The van der Waals surface area contributed by atoms with Gasteiger partial charge in [0.15, 0.2) is 0 Å². The molecular formula is C14H5O4S2. The fourth-order valence-corrected chi connectivity index (χ4v) is 3.54. The number of hydrogen-bond acceptors (Lipinski definition) is 6. The summed E-state index contributed by atoms with van der Waals surface area (Å²) < 4.78 is 11.6. The minimum atomic E-state index is -0.348. The molecule has 0 saturated carbocycles. The molecule has 0 unspecified atom stereocenters. The van der Waals surface area contributed by atoms with E-state index in [0.717, 1.165) is 38.5 Å². The molecule has 0 atom stereocenters. The molecule has 0 saturated heterocycles. The van der Waals surface area contributed by atoms with Crippen molar-refractivity contribution in [3.63, 3.8) is 0 Å². The summed E-state index contributed by atoms with van der Waals surface area (Å²) in [4.78, 5) is 21.9. The monoisotopic (exact) mass is 301 g/mol. The van der Waals surface area contributed by atoms with Crippen LogP contribution in [0.2, 0.25) is 0 Å². The predicted molar refractivity (Wildman–Crippen MR) is 78.6 cm³/mol. The Hall–Kier alpha value is -2.18. The Kier molecular flexibility index (Phi) is 2.42. The quantitative estimate of drug-likeness (QED) is 0.540. The minimum absolute atomic E-state index is 0.332. The van der Waals surface area contributed by atoms with Crippen molar-refractivity contribution in [1.82, 2.24) is 0 Å². The summed E-state index contributed by atoms with van der Waals surface area (Å²) in [6, 6.07) is 12.2. The maximum Gasteiger partial charge on any atom is 0.396 e. The first kappa shape index (κ1) is 11.6. The highest BCUT2D eigenvalue weighted by atomic mass is 32.1. The van der Waals surface area contributed by atoms with Gasteiger partial charge in [-0.2, -0.15) is 0 Å². The molecule has 1 radical (unpaired) electrons. The summed E-state index contributed by atoms with van der Waals surface area (Å²) in [5.41, 5.74) is 2.75. The average molecular weight is 301 g/mol. The van der Waals surface area contributed by atoms with Crippen molar-refractivity contribution in [2.75, 3.05) is 0 Å². The van der Waals surface area contributed by atoms with Gasteiger partial charge in [0.25, 0.3) is 0 Å². The highest BCUT2D eigenvalue weighted by molar-refractivity contribution is 7.17. The van der Waals surface area contributed by atoms with Crippen LogP contribution in [0, 0.1) is 6.07 Å². The molecule has 4 aromatic rings. The SMILES string of the molecule is O=c1oc2ccc(-c3cccc4oc(=O)sc34)[c]c2s1. The zero-order valence-corrected chi connectivity index (χ0v) is 11.5. The van der Waals surface area contributed by atoms with E-state index in [-0.39, 0.29) is 9.88 Å². The first-order valence-electron chi connectivity index (χ1n) is 5.70. The Balaban J connectivity index is 2.04. The van der Waals surface area contributed by atoms with Gasteiger partial charge in [-0.25, -0.2) is 9.59 Å². The first-order chi connectivity index (χ1) is 9.70. The van der Waals surface area contributed by atoms with Crippen molar-refractivity contribution in [3.8, 4) is 11.1 Å². The highest BCUT2D eigenvalue weighted by Crippen LogP contribution is 2.32. The van der Waals surface area contributed by atoms with E-state index in [1.54, 1.807) is 12.1 Å². The van der Waals surface area contributed by atoms with Crippen molar-refractivity contribution in [2.24, 2.45) is 0 Å². The number of fused-ring (bicyclic) bond motifs is 2. The largest absolute Gasteiger partial charge is 0.414 e. The van der Waals surface area contributed by atoms with Gasteiger partial charge < -0.3 is 8.83 Å². The fourth-order valence-electron chi connectivity index (χ4n) is 2.08. The fraction of sp³-hybridized carbons (Fsp3) is 0. The molecule has 0 fully saturated rings. The Morgan fingerprint density at radius 1 is 0.900 bits per heavy atom. The maximum absolute atomic E-state index is 11.4. The Morgan fingerprint density at radius 2 is 1.70 bits per heavy atom. The van der Waals surface area contributed by atoms with Gasteiger partial charge in [0.05, 0.1) is 9.40 Å². The van der Waals surface area contributed by atoms with Crippen LogP contribution in [-0.4, -0.2) is 0 Å². The van der Waals surface area contributed by atoms with Gasteiger partial charge in [-0.15, -0.1) is 0 Å². The third kappa shape index (κ3) is 1.73. The lowest BCUT2D eigenvalue weighted by Crippen LogP contribution is -1.79. The van der Waals surface area contributed by atoms with E-state index in [1.807, 2.05) is 18.2 Å². The van der Waals surface area contributed by atoms with E-state index < -0.39 is 0 Å². The van der Waals surface area contributed by atoms with Crippen LogP contribution in [0.25, 0.3) is 31.7 Å². The molecule has 0 spiro atoms. The number of rotatable bonds is 1. The molecule has 0 bridgehead atoms. The third-order valence-corrected chi connectivity index (χ3v) is 4.53. The van der Waals surface area contributed by atoms with Gasteiger partial charge in [-0.1, -0.05) is 34.8 Å². The van der Waals surface area contributed by atoms with Crippen LogP contribution in [0.1, 0.15) is 0 Å². The van der Waals surface area contributed by atoms with Gasteiger partial charge in [-0.3, -0.25) is 0 Å². The zero-order valence-electron chi connectivity index (χ0n) is 9.84. The molecule has 6 heteroatoms. The Labute approximate surface area is 119 Å². The topological polar surface area (TPSA) is 60.4 Å². The number of benzene rings is 2. The van der Waals surface area contributed by atoms with Crippen LogP contribution in [0.5, 0.6) is 0 Å². The highest BCUT2D eigenvalue weighted by Gasteiger charge is 2.11. The normalized spacial score (nSPS) is 11.4. The predicted octanol–water partition coefficient (Wildman–Crippen LogP) is 3.49. The summed E-state index contributed by atoms with van der Waals surface area (Å²) in [6.07, 6.45) is 0. The van der Waals surface area contributed by atoms with E-state index in [0.29, 0.717) is 15.9 Å². The second kappa shape index (κ2) is 4.16. The molecule has 0 amide bonds. The molecule has 4 rings (SSSR count). The van der Waals surface area contributed by atoms with E-state index in [2.05, 4.69) is 6.07 Å². The van der Waals surface area contributed by atoms with Crippen molar-refractivity contribution in [1.29, 1.82) is 0 Å². The first-order valence-corrected chi connectivity index (χ1v) is 7.33. The van der Waals surface area contributed by atoms with Crippen molar-refractivity contribution >= 4 is 43.2 Å². The van der Waals surface area contributed by atoms with Gasteiger partial charge in [-0.05, 0) is 23.8 Å². The van der Waals surface area contributed by atoms with E-state index in [1.165, 1.54) is 0 Å². The summed E-state index contributed by atoms with van der Waals surface area (Å²) in [6.45, 7) is 0. The van der Waals surface area contributed by atoms with E-state index in [9.17, 15) is 9.59 Å². The van der Waals surface area contributed by atoms with Crippen LogP contribution in [0.15, 0.2) is 48.8 Å². The third-order valence-electron chi connectivity index (χ3n) is 2.90. The van der Waals surface area contributed by atoms with E-state index >= 15 is 0 Å². The molecule has 97 valence electrons. The molecule has 4 nitrogen and oxygen atoms in total. The van der Waals surface area contributed by atoms with Crippen LogP contribution in [0.4, 0.5) is 0 Å². The van der Waals surface area contributed by atoms with Crippen LogP contribution in [0.3, 0.4) is 0 Å². The van der Waals surface area contributed by atoms with Crippen LogP contribution < -0.4 is 9.88 Å². The molecule has 20 heavy (non-hydrogen) atoms. The van der Waals surface area contributed by atoms with Gasteiger partial charge in [0.2, 0.25) is 0 Å². The smallest absolute Gasteiger partial charge is 0.396 e. The standard InChI is InChI=1S/C14H5O4S2/c15-13-17-9-5-4-7(6-11(9)19-13)8-2-1-3-10-12(8)20-14(16)18-10/h1-5H. The second-order valence-corrected chi connectivity index (χ2v) is 6.00. The lowest BCUT2D eigenvalue weighted by molar-refractivity contribution is 0.585. The molecular weight excluding hydrogens is 296 g/mol.